The van der Waals surface area contributed by atoms with Crippen molar-refractivity contribution in [2.75, 3.05) is 19.8 Å². The highest BCUT2D eigenvalue weighted by atomic mass is 16.7. The van der Waals surface area contributed by atoms with Gasteiger partial charge < -0.3 is 14.6 Å². The van der Waals surface area contributed by atoms with Crippen molar-refractivity contribution in [3.63, 3.8) is 0 Å². The van der Waals surface area contributed by atoms with Crippen LogP contribution in [0.3, 0.4) is 0 Å². The minimum Gasteiger partial charge on any atom is -0.396 e. The van der Waals surface area contributed by atoms with Crippen LogP contribution in [0.25, 0.3) is 0 Å². The molecule has 1 fully saturated rings. The zero-order chi connectivity index (χ0) is 9.36. The summed E-state index contributed by atoms with van der Waals surface area (Å²) < 4.78 is 11.3. The van der Waals surface area contributed by atoms with Gasteiger partial charge in [0.2, 0.25) is 0 Å². The van der Waals surface area contributed by atoms with E-state index in [9.17, 15) is 0 Å². The van der Waals surface area contributed by atoms with Crippen molar-refractivity contribution in [2.45, 2.75) is 25.6 Å². The molecule has 3 heteroatoms. The highest BCUT2D eigenvalue weighted by Crippen LogP contribution is 2.48. The predicted octanol–water partition coefficient (Wildman–Crippen LogP) is 1.08. The molecule has 1 spiro atoms. The molecule has 3 nitrogen and oxygen atoms in total. The van der Waals surface area contributed by atoms with E-state index < -0.39 is 5.79 Å². The van der Waals surface area contributed by atoms with Crippen molar-refractivity contribution in [1.82, 2.24) is 0 Å². The smallest absolute Gasteiger partial charge is 0.180 e. The first-order valence-corrected chi connectivity index (χ1v) is 4.79. The zero-order valence-electron chi connectivity index (χ0n) is 7.95. The van der Waals surface area contributed by atoms with Gasteiger partial charge in [-0.25, -0.2) is 0 Å². The number of aliphatic hydroxyl groups is 1. The van der Waals surface area contributed by atoms with Crippen LogP contribution in [0.1, 0.15) is 19.8 Å². The lowest BCUT2D eigenvalue weighted by Gasteiger charge is -2.38. The predicted molar refractivity (Wildman–Crippen MR) is 48.2 cm³/mol. The molecule has 2 aliphatic rings. The summed E-state index contributed by atoms with van der Waals surface area (Å²) in [6.07, 6.45) is 5.70. The van der Waals surface area contributed by atoms with Crippen LogP contribution >= 0.6 is 0 Å². The van der Waals surface area contributed by atoms with Gasteiger partial charge in [-0.2, -0.15) is 0 Å². The number of rotatable bonds is 2. The molecule has 0 saturated carbocycles. The van der Waals surface area contributed by atoms with E-state index in [1.807, 2.05) is 0 Å². The number of hydrogen-bond donors (Lipinski definition) is 1. The number of aliphatic hydroxyl groups excluding tert-OH is 1. The Hall–Kier alpha value is -0.380. The summed E-state index contributed by atoms with van der Waals surface area (Å²) in [6.45, 7) is 3.60. The van der Waals surface area contributed by atoms with Gasteiger partial charge in [-0.05, 0) is 6.42 Å². The van der Waals surface area contributed by atoms with Gasteiger partial charge in [0, 0.05) is 18.4 Å². The minimum absolute atomic E-state index is 0.155. The topological polar surface area (TPSA) is 38.7 Å². The van der Waals surface area contributed by atoms with Crippen LogP contribution in [-0.2, 0) is 9.47 Å². The summed E-state index contributed by atoms with van der Waals surface area (Å²) in [5.74, 6) is -0.476. The van der Waals surface area contributed by atoms with Crippen molar-refractivity contribution in [2.24, 2.45) is 5.41 Å². The molecule has 1 saturated heterocycles. The lowest BCUT2D eigenvalue weighted by atomic mass is 9.81. The fourth-order valence-electron chi connectivity index (χ4n) is 2.24. The van der Waals surface area contributed by atoms with Crippen LogP contribution < -0.4 is 0 Å². The van der Waals surface area contributed by atoms with Crippen molar-refractivity contribution in [1.29, 1.82) is 0 Å². The minimum atomic E-state index is -0.476. The summed E-state index contributed by atoms with van der Waals surface area (Å²) >= 11 is 0. The molecule has 1 N–H and O–H groups in total. The maximum atomic E-state index is 8.99. The first-order valence-electron chi connectivity index (χ1n) is 4.79. The van der Waals surface area contributed by atoms with Gasteiger partial charge in [0.1, 0.15) is 0 Å². The van der Waals surface area contributed by atoms with Gasteiger partial charge in [0.05, 0.1) is 13.2 Å². The average Bonchev–Trinajstić information content (AvgIpc) is 2.65. The highest BCUT2D eigenvalue weighted by molar-refractivity contribution is 5.15. The second kappa shape index (κ2) is 3.08. The Morgan fingerprint density at radius 2 is 2.08 bits per heavy atom. The molecule has 0 amide bonds. The highest BCUT2D eigenvalue weighted by Gasteiger charge is 2.53. The SMILES string of the molecule is CC1(CCO)C=CCC12OCCO2. The molecule has 1 atom stereocenters. The third-order valence-corrected chi connectivity index (χ3v) is 3.13. The summed E-state index contributed by atoms with van der Waals surface area (Å²) in [4.78, 5) is 0. The molecule has 13 heavy (non-hydrogen) atoms. The maximum Gasteiger partial charge on any atom is 0.180 e. The van der Waals surface area contributed by atoms with E-state index in [1.54, 1.807) is 0 Å². The van der Waals surface area contributed by atoms with Crippen molar-refractivity contribution in [3.05, 3.63) is 12.2 Å². The quantitative estimate of drug-likeness (QED) is 0.653. The molecule has 1 unspecified atom stereocenters. The van der Waals surface area contributed by atoms with Crippen LogP contribution in [-0.4, -0.2) is 30.7 Å². The van der Waals surface area contributed by atoms with Gasteiger partial charge in [0.25, 0.3) is 0 Å². The molecule has 74 valence electrons. The molecule has 2 rings (SSSR count). The van der Waals surface area contributed by atoms with Crippen LogP contribution in [0.4, 0.5) is 0 Å². The Morgan fingerprint density at radius 3 is 2.69 bits per heavy atom. The lowest BCUT2D eigenvalue weighted by molar-refractivity contribution is -0.211. The van der Waals surface area contributed by atoms with E-state index in [0.29, 0.717) is 19.6 Å². The van der Waals surface area contributed by atoms with Crippen LogP contribution in [0.2, 0.25) is 0 Å². The van der Waals surface area contributed by atoms with E-state index >= 15 is 0 Å². The standard InChI is InChI=1S/C10H16O3/c1-9(5-6-11)3-2-4-10(9)12-7-8-13-10/h2-3,11H,4-8H2,1H3. The first kappa shape index (κ1) is 9.19. The van der Waals surface area contributed by atoms with E-state index in [1.165, 1.54) is 0 Å². The number of hydrogen-bond acceptors (Lipinski definition) is 3. The monoisotopic (exact) mass is 184 g/mol. The second-order valence-electron chi connectivity index (χ2n) is 3.95. The van der Waals surface area contributed by atoms with Gasteiger partial charge in [-0.3, -0.25) is 0 Å². The molecule has 1 heterocycles. The van der Waals surface area contributed by atoms with Crippen molar-refractivity contribution >= 4 is 0 Å². The zero-order valence-corrected chi connectivity index (χ0v) is 7.95. The second-order valence-corrected chi connectivity index (χ2v) is 3.95. The van der Waals surface area contributed by atoms with Crippen molar-refractivity contribution < 1.29 is 14.6 Å². The third kappa shape index (κ3) is 1.23. The Morgan fingerprint density at radius 1 is 1.38 bits per heavy atom. The molecule has 0 aromatic carbocycles. The maximum absolute atomic E-state index is 8.99. The van der Waals surface area contributed by atoms with Gasteiger partial charge in [0.15, 0.2) is 5.79 Å². The summed E-state index contributed by atoms with van der Waals surface area (Å²) in [5.41, 5.74) is -0.155. The Bertz CT molecular complexity index is 218. The van der Waals surface area contributed by atoms with Gasteiger partial charge >= 0.3 is 0 Å². The van der Waals surface area contributed by atoms with Crippen LogP contribution in [0, 0.1) is 5.41 Å². The fourth-order valence-corrected chi connectivity index (χ4v) is 2.24. The molecule has 1 aliphatic carbocycles. The average molecular weight is 184 g/mol. The summed E-state index contributed by atoms with van der Waals surface area (Å²) in [7, 11) is 0. The van der Waals surface area contributed by atoms with Crippen LogP contribution in [0.5, 0.6) is 0 Å². The lowest BCUT2D eigenvalue weighted by Crippen LogP contribution is -2.43. The molecular formula is C10H16O3. The first-order chi connectivity index (χ1) is 6.22. The van der Waals surface area contributed by atoms with E-state index in [4.69, 9.17) is 14.6 Å². The number of ether oxygens (including phenoxy) is 2. The Kier molecular flexibility index (Phi) is 2.18. The summed E-state index contributed by atoms with van der Waals surface area (Å²) in [5, 5.41) is 8.99. The third-order valence-electron chi connectivity index (χ3n) is 3.13. The normalized spacial score (nSPS) is 36.2. The van der Waals surface area contributed by atoms with E-state index in [2.05, 4.69) is 19.1 Å². The van der Waals surface area contributed by atoms with Gasteiger partial charge in [-0.15, -0.1) is 0 Å². The molecule has 0 bridgehead atoms. The fraction of sp³-hybridized carbons (Fsp3) is 0.800. The molecule has 1 aliphatic heterocycles. The van der Waals surface area contributed by atoms with E-state index in [-0.39, 0.29) is 12.0 Å². The summed E-state index contributed by atoms with van der Waals surface area (Å²) in [6, 6.07) is 0. The Labute approximate surface area is 78.3 Å². The largest absolute Gasteiger partial charge is 0.396 e. The molecule has 0 radical (unpaired) electrons. The molecular weight excluding hydrogens is 168 g/mol. The van der Waals surface area contributed by atoms with Crippen LogP contribution in [0.15, 0.2) is 12.2 Å². The molecule has 0 aromatic rings. The Balaban J connectivity index is 2.20. The van der Waals surface area contributed by atoms with E-state index in [0.717, 1.165) is 6.42 Å². The van der Waals surface area contributed by atoms with Gasteiger partial charge in [-0.1, -0.05) is 19.1 Å². The van der Waals surface area contributed by atoms with Crippen molar-refractivity contribution in [3.8, 4) is 0 Å². The molecule has 0 aromatic heterocycles.